The predicted octanol–water partition coefficient (Wildman–Crippen LogP) is 1.76. The van der Waals surface area contributed by atoms with E-state index in [1.807, 2.05) is 0 Å². The van der Waals surface area contributed by atoms with Gasteiger partial charge in [0, 0.05) is 39.4 Å². The Morgan fingerprint density at radius 3 is 2.56 bits per heavy atom. The smallest absolute Gasteiger partial charge is 0.237 e. The molecule has 7 heteroatoms. The van der Waals surface area contributed by atoms with Crippen molar-refractivity contribution in [3.05, 3.63) is 23.9 Å². The molecule has 0 spiro atoms. The van der Waals surface area contributed by atoms with Crippen molar-refractivity contribution in [3.8, 4) is 12.1 Å². The largest absolute Gasteiger partial charge is 0.353 e. The molecule has 0 unspecified atom stereocenters. The van der Waals surface area contributed by atoms with Gasteiger partial charge in [-0.2, -0.15) is 10.5 Å². The van der Waals surface area contributed by atoms with Crippen molar-refractivity contribution in [2.75, 3.05) is 44.7 Å². The molecule has 0 aromatic carbocycles. The maximum Gasteiger partial charge on any atom is 0.237 e. The summed E-state index contributed by atoms with van der Waals surface area (Å²) >= 11 is 0. The average molecular weight is 366 g/mol. The molecule has 2 fully saturated rings. The van der Waals surface area contributed by atoms with Gasteiger partial charge in [0.2, 0.25) is 5.91 Å². The molecule has 0 N–H and O–H groups in total. The second-order valence-electron chi connectivity index (χ2n) is 7.41. The fourth-order valence-electron chi connectivity index (χ4n) is 4.05. The zero-order valence-electron chi connectivity index (χ0n) is 15.9. The summed E-state index contributed by atoms with van der Waals surface area (Å²) in [6, 6.07) is 8.15. The van der Waals surface area contributed by atoms with Crippen LogP contribution >= 0.6 is 0 Å². The van der Waals surface area contributed by atoms with Crippen LogP contribution < -0.4 is 4.90 Å². The molecular formula is C20H26N6O. The number of hydrogen-bond acceptors (Lipinski definition) is 6. The second kappa shape index (κ2) is 8.37. The maximum absolute atomic E-state index is 12.8. The number of rotatable bonds is 4. The van der Waals surface area contributed by atoms with E-state index in [1.165, 1.54) is 0 Å². The van der Waals surface area contributed by atoms with Crippen molar-refractivity contribution in [3.63, 3.8) is 0 Å². The highest BCUT2D eigenvalue weighted by Gasteiger charge is 2.39. The van der Waals surface area contributed by atoms with E-state index in [4.69, 9.17) is 0 Å². The van der Waals surface area contributed by atoms with Gasteiger partial charge in [-0.3, -0.25) is 9.69 Å². The first kappa shape index (κ1) is 19.1. The fraction of sp³-hybridized carbons (Fsp3) is 0.600. The van der Waals surface area contributed by atoms with E-state index < -0.39 is 5.54 Å². The van der Waals surface area contributed by atoms with Crippen LogP contribution in [0.5, 0.6) is 0 Å². The van der Waals surface area contributed by atoms with E-state index >= 15 is 0 Å². The van der Waals surface area contributed by atoms with E-state index in [1.54, 1.807) is 30.3 Å². The van der Waals surface area contributed by atoms with E-state index in [9.17, 15) is 15.3 Å². The Morgan fingerprint density at radius 2 is 1.93 bits per heavy atom. The van der Waals surface area contributed by atoms with Gasteiger partial charge in [0.25, 0.3) is 0 Å². The summed E-state index contributed by atoms with van der Waals surface area (Å²) in [5.41, 5.74) is -0.0534. The van der Waals surface area contributed by atoms with Crippen LogP contribution in [0.4, 0.5) is 5.82 Å². The van der Waals surface area contributed by atoms with Crippen molar-refractivity contribution in [2.24, 2.45) is 0 Å². The minimum Gasteiger partial charge on any atom is -0.353 e. The number of likely N-dealkylation sites (N-methyl/N-ethyl adjacent to an activating group) is 1. The first-order chi connectivity index (χ1) is 13.1. The van der Waals surface area contributed by atoms with Crippen LogP contribution in [0.2, 0.25) is 0 Å². The van der Waals surface area contributed by atoms with Crippen LogP contribution in [-0.2, 0) is 4.79 Å². The molecule has 1 amide bonds. The van der Waals surface area contributed by atoms with Crippen molar-refractivity contribution in [1.29, 1.82) is 10.5 Å². The minimum atomic E-state index is -0.632. The summed E-state index contributed by atoms with van der Waals surface area (Å²) in [4.78, 5) is 23.0. The molecular weight excluding hydrogens is 340 g/mol. The summed E-state index contributed by atoms with van der Waals surface area (Å²) in [5, 5.41) is 18.9. The monoisotopic (exact) mass is 366 g/mol. The predicted molar refractivity (Wildman–Crippen MR) is 102 cm³/mol. The lowest BCUT2D eigenvalue weighted by Gasteiger charge is -2.41. The second-order valence-corrected chi connectivity index (χ2v) is 7.41. The van der Waals surface area contributed by atoms with Crippen LogP contribution in [0.25, 0.3) is 0 Å². The SMILES string of the molecule is CN(C(=O)CN1CCN(c2ncccc2C#N)CC1)C1(C#N)CCCCC1. The van der Waals surface area contributed by atoms with Crippen molar-refractivity contribution < 1.29 is 4.79 Å². The van der Waals surface area contributed by atoms with Gasteiger partial charge in [-0.25, -0.2) is 4.98 Å². The number of amides is 1. The fourth-order valence-corrected chi connectivity index (χ4v) is 4.05. The number of nitrogens with zero attached hydrogens (tertiary/aromatic N) is 6. The average Bonchev–Trinajstić information content (AvgIpc) is 2.74. The quantitative estimate of drug-likeness (QED) is 0.807. The molecule has 3 rings (SSSR count). The van der Waals surface area contributed by atoms with E-state index in [-0.39, 0.29) is 5.91 Å². The van der Waals surface area contributed by atoms with Gasteiger partial charge in [-0.05, 0) is 25.0 Å². The van der Waals surface area contributed by atoms with E-state index in [0.29, 0.717) is 17.9 Å². The molecule has 1 aliphatic carbocycles. The van der Waals surface area contributed by atoms with Crippen molar-refractivity contribution in [2.45, 2.75) is 37.6 Å². The van der Waals surface area contributed by atoms with Crippen LogP contribution in [0.15, 0.2) is 18.3 Å². The number of carbonyl (C=O) groups excluding carboxylic acids is 1. The molecule has 2 heterocycles. The van der Waals surface area contributed by atoms with Gasteiger partial charge < -0.3 is 9.80 Å². The van der Waals surface area contributed by atoms with Gasteiger partial charge in [0.05, 0.1) is 18.2 Å². The third kappa shape index (κ3) is 4.04. The number of carbonyl (C=O) groups is 1. The molecule has 1 aromatic rings. The lowest BCUT2D eigenvalue weighted by atomic mass is 9.81. The Kier molecular flexibility index (Phi) is 5.93. The van der Waals surface area contributed by atoms with Gasteiger partial charge in [-0.15, -0.1) is 0 Å². The Morgan fingerprint density at radius 1 is 1.22 bits per heavy atom. The number of anilines is 1. The topological polar surface area (TPSA) is 87.3 Å². The summed E-state index contributed by atoms with van der Waals surface area (Å²) in [7, 11) is 1.78. The highest BCUT2D eigenvalue weighted by Crippen LogP contribution is 2.32. The summed E-state index contributed by atoms with van der Waals surface area (Å²) < 4.78 is 0. The van der Waals surface area contributed by atoms with Gasteiger partial charge in [-0.1, -0.05) is 19.3 Å². The molecule has 1 aliphatic heterocycles. The van der Waals surface area contributed by atoms with E-state index in [2.05, 4.69) is 26.9 Å². The van der Waals surface area contributed by atoms with Crippen molar-refractivity contribution >= 4 is 11.7 Å². The highest BCUT2D eigenvalue weighted by atomic mass is 16.2. The normalized spacial score (nSPS) is 19.7. The zero-order valence-corrected chi connectivity index (χ0v) is 15.9. The Bertz CT molecular complexity index is 750. The standard InChI is InChI=1S/C20H26N6O/c1-24(20(16-22)7-3-2-4-8-20)18(27)15-25-10-12-26(13-11-25)19-17(14-21)6-5-9-23-19/h5-6,9H,2-4,7-8,10-13,15H2,1H3. The number of aromatic nitrogens is 1. The summed E-state index contributed by atoms with van der Waals surface area (Å²) in [6.07, 6.45) is 6.41. The molecule has 2 aliphatic rings. The third-order valence-electron chi connectivity index (χ3n) is 5.84. The number of pyridine rings is 1. The van der Waals surface area contributed by atoms with Crippen LogP contribution in [0, 0.1) is 22.7 Å². The molecule has 0 bridgehead atoms. The first-order valence-corrected chi connectivity index (χ1v) is 9.60. The molecule has 142 valence electrons. The molecule has 1 saturated heterocycles. The number of piperazine rings is 1. The molecule has 27 heavy (non-hydrogen) atoms. The van der Waals surface area contributed by atoms with Crippen molar-refractivity contribution in [1.82, 2.24) is 14.8 Å². The lowest BCUT2D eigenvalue weighted by Crippen LogP contribution is -2.55. The molecule has 7 nitrogen and oxygen atoms in total. The van der Waals surface area contributed by atoms with Gasteiger partial charge >= 0.3 is 0 Å². The number of hydrogen-bond donors (Lipinski definition) is 0. The Balaban J connectivity index is 1.57. The minimum absolute atomic E-state index is 0.0162. The van der Waals surface area contributed by atoms with Gasteiger partial charge in [0.1, 0.15) is 17.4 Å². The van der Waals surface area contributed by atoms with E-state index in [0.717, 1.165) is 58.3 Å². The highest BCUT2D eigenvalue weighted by molar-refractivity contribution is 5.79. The van der Waals surface area contributed by atoms with Gasteiger partial charge in [0.15, 0.2) is 0 Å². The Hall–Kier alpha value is -2.64. The first-order valence-electron chi connectivity index (χ1n) is 9.60. The maximum atomic E-state index is 12.8. The zero-order chi connectivity index (χ0) is 19.3. The number of nitriles is 2. The van der Waals surface area contributed by atoms with Crippen LogP contribution in [-0.4, -0.2) is 66.0 Å². The lowest BCUT2D eigenvalue weighted by molar-refractivity contribution is -0.136. The molecule has 0 atom stereocenters. The summed E-state index contributed by atoms with van der Waals surface area (Å²) in [6.45, 7) is 3.26. The molecule has 1 saturated carbocycles. The molecule has 0 radical (unpaired) electrons. The van der Waals surface area contributed by atoms with Crippen LogP contribution in [0.3, 0.4) is 0 Å². The summed E-state index contributed by atoms with van der Waals surface area (Å²) in [5.74, 6) is 0.733. The third-order valence-corrected chi connectivity index (χ3v) is 5.84. The molecule has 1 aromatic heterocycles. The van der Waals surface area contributed by atoms with Crippen LogP contribution in [0.1, 0.15) is 37.7 Å². The Labute approximate surface area is 160 Å².